The molecule has 198 valence electrons. The van der Waals surface area contributed by atoms with Crippen molar-refractivity contribution in [3.63, 3.8) is 0 Å². The Balaban J connectivity index is 1.33. The van der Waals surface area contributed by atoms with Crippen molar-refractivity contribution in [2.45, 2.75) is 26.7 Å². The number of fused-ring (bicyclic) bond motifs is 1. The number of ketones is 1. The zero-order valence-electron chi connectivity index (χ0n) is 21.8. The molecule has 0 aliphatic carbocycles. The predicted octanol–water partition coefficient (Wildman–Crippen LogP) is 5.52. The molecule has 0 aliphatic heterocycles. The smallest absolute Gasteiger partial charge is 0.291 e. The monoisotopic (exact) mass is 541 g/mol. The third-order valence-electron chi connectivity index (χ3n) is 6.04. The van der Waals surface area contributed by atoms with Gasteiger partial charge in [0.1, 0.15) is 16.1 Å². The summed E-state index contributed by atoms with van der Waals surface area (Å²) < 4.78 is 18.9. The Labute approximate surface area is 228 Å². The minimum Gasteiger partial charge on any atom is -0.493 e. The second-order valence-corrected chi connectivity index (χ2v) is 9.87. The number of Topliss-reactive ketones (excluding diaryl/α,β-unsaturated/α-hetero) is 1. The molecule has 0 bridgehead atoms. The number of rotatable bonds is 10. The van der Waals surface area contributed by atoms with Gasteiger partial charge in [-0.05, 0) is 49.2 Å². The van der Waals surface area contributed by atoms with Crippen molar-refractivity contribution in [2.24, 2.45) is 0 Å². The van der Waals surface area contributed by atoms with E-state index in [2.05, 4.69) is 17.0 Å². The summed E-state index contributed by atoms with van der Waals surface area (Å²) in [6.07, 6.45) is 7.34. The van der Waals surface area contributed by atoms with Crippen LogP contribution in [0.1, 0.15) is 54.2 Å². The highest BCUT2D eigenvalue weighted by molar-refractivity contribution is 7.15. The maximum absolute atomic E-state index is 12.9. The van der Waals surface area contributed by atoms with Crippen molar-refractivity contribution in [3.05, 3.63) is 92.2 Å². The van der Waals surface area contributed by atoms with Crippen LogP contribution in [0.15, 0.2) is 63.8 Å². The van der Waals surface area contributed by atoms with Crippen LogP contribution in [0.2, 0.25) is 0 Å². The maximum atomic E-state index is 12.9. The minimum absolute atomic E-state index is 0.00936. The van der Waals surface area contributed by atoms with Gasteiger partial charge in [0, 0.05) is 17.2 Å². The molecule has 39 heavy (non-hydrogen) atoms. The predicted molar refractivity (Wildman–Crippen MR) is 152 cm³/mol. The first-order valence-corrected chi connectivity index (χ1v) is 13.4. The molecule has 0 saturated carbocycles. The van der Waals surface area contributed by atoms with E-state index in [9.17, 15) is 9.59 Å². The lowest BCUT2D eigenvalue weighted by atomic mass is 10.1. The third-order valence-corrected chi connectivity index (χ3v) is 7.00. The van der Waals surface area contributed by atoms with Crippen LogP contribution in [-0.4, -0.2) is 34.1 Å². The Morgan fingerprint density at radius 3 is 2.62 bits per heavy atom. The van der Waals surface area contributed by atoms with Crippen LogP contribution in [0.4, 0.5) is 0 Å². The lowest BCUT2D eigenvalue weighted by molar-refractivity contribution is 0.101. The normalized spacial score (nSPS) is 12.0. The lowest BCUT2D eigenvalue weighted by Crippen LogP contribution is -2.23. The summed E-state index contributed by atoms with van der Waals surface area (Å²) in [4.78, 5) is 29.4. The zero-order valence-corrected chi connectivity index (χ0v) is 22.7. The average molecular weight is 542 g/mol. The van der Waals surface area contributed by atoms with Crippen molar-refractivity contribution in [3.8, 4) is 22.8 Å². The van der Waals surface area contributed by atoms with Gasteiger partial charge in [-0.25, -0.2) is 0 Å². The van der Waals surface area contributed by atoms with E-state index in [4.69, 9.17) is 13.9 Å². The molecule has 5 rings (SSSR count). The second-order valence-electron chi connectivity index (χ2n) is 8.86. The first kappa shape index (κ1) is 26.1. The summed E-state index contributed by atoms with van der Waals surface area (Å²) in [7, 11) is 1.61. The highest BCUT2D eigenvalue weighted by Gasteiger charge is 2.11. The first-order valence-electron chi connectivity index (χ1n) is 12.6. The fourth-order valence-electron chi connectivity index (χ4n) is 3.91. The van der Waals surface area contributed by atoms with E-state index in [0.29, 0.717) is 50.5 Å². The van der Waals surface area contributed by atoms with E-state index in [-0.39, 0.29) is 11.3 Å². The summed E-state index contributed by atoms with van der Waals surface area (Å²) in [6, 6.07) is 16.5. The minimum atomic E-state index is -0.263. The number of hydrogen-bond donors (Lipinski definition) is 0. The van der Waals surface area contributed by atoms with Gasteiger partial charge in [0.15, 0.2) is 23.1 Å². The van der Waals surface area contributed by atoms with Crippen LogP contribution in [0.3, 0.4) is 0 Å². The van der Waals surface area contributed by atoms with Crippen LogP contribution in [0.5, 0.6) is 11.5 Å². The molecule has 2 aromatic carbocycles. The number of nitrogens with zero attached hydrogens (tertiary/aromatic N) is 3. The molecule has 0 aliphatic rings. The number of unbranched alkanes of at least 4 members (excludes halogenated alkanes) is 1. The topological polar surface area (TPSA) is 95.9 Å². The van der Waals surface area contributed by atoms with E-state index in [1.54, 1.807) is 37.5 Å². The van der Waals surface area contributed by atoms with Crippen LogP contribution in [0, 0.1) is 0 Å². The number of hydrogen-bond acceptors (Lipinski definition) is 8. The molecule has 0 amide bonds. The quantitative estimate of drug-likeness (QED) is 0.170. The van der Waals surface area contributed by atoms with E-state index in [1.807, 2.05) is 42.5 Å². The molecular weight excluding hydrogens is 514 g/mol. The summed E-state index contributed by atoms with van der Waals surface area (Å²) in [6.45, 7) is 4.29. The van der Waals surface area contributed by atoms with E-state index < -0.39 is 0 Å². The van der Waals surface area contributed by atoms with Crippen LogP contribution < -0.4 is 19.6 Å². The van der Waals surface area contributed by atoms with Crippen molar-refractivity contribution in [2.75, 3.05) is 13.7 Å². The van der Waals surface area contributed by atoms with E-state index in [0.717, 1.165) is 24.0 Å². The van der Waals surface area contributed by atoms with Crippen molar-refractivity contribution in [1.29, 1.82) is 0 Å². The van der Waals surface area contributed by atoms with Gasteiger partial charge in [-0.15, -0.1) is 5.10 Å². The number of aromatic nitrogens is 3. The van der Waals surface area contributed by atoms with Crippen molar-refractivity contribution in [1.82, 2.24) is 14.6 Å². The summed E-state index contributed by atoms with van der Waals surface area (Å²) in [5.74, 6) is 2.99. The lowest BCUT2D eigenvalue weighted by Gasteiger charge is -2.10. The summed E-state index contributed by atoms with van der Waals surface area (Å²) in [5, 5.41) is 4.36. The molecule has 0 fully saturated rings. The SMILES string of the molecule is CCCCOc1ccc(/C=C/c2nc3s/c(=C\c4ccc(-c5ccc(C(C)=O)cc5)o4)c(=O)n3n2)cc1OC. The van der Waals surface area contributed by atoms with Gasteiger partial charge < -0.3 is 13.9 Å². The molecule has 5 aromatic rings. The highest BCUT2D eigenvalue weighted by Crippen LogP contribution is 2.29. The van der Waals surface area contributed by atoms with Crippen LogP contribution in [-0.2, 0) is 0 Å². The Hall–Kier alpha value is -4.50. The van der Waals surface area contributed by atoms with Crippen molar-refractivity contribution < 1.29 is 18.7 Å². The second kappa shape index (κ2) is 11.5. The number of benzene rings is 2. The van der Waals surface area contributed by atoms with Gasteiger partial charge in [-0.3, -0.25) is 9.59 Å². The van der Waals surface area contributed by atoms with E-state index in [1.165, 1.54) is 22.8 Å². The standard InChI is InChI=1S/C30H27N3O5S/c1-4-5-16-37-25-13-6-20(17-26(25)36-3)7-15-28-31-30-33(32-28)29(35)27(39-30)18-23-12-14-24(38-23)22-10-8-21(9-11-22)19(2)34/h6-15,17-18H,4-5,16H2,1-3H3/b15-7+,27-18-. The molecule has 0 saturated heterocycles. The highest BCUT2D eigenvalue weighted by atomic mass is 32.1. The van der Waals surface area contributed by atoms with Crippen LogP contribution in [0.25, 0.3) is 34.5 Å². The number of furan rings is 1. The van der Waals surface area contributed by atoms with E-state index >= 15 is 0 Å². The number of methoxy groups -OCH3 is 1. The molecule has 9 heteroatoms. The Kier molecular flexibility index (Phi) is 7.69. The van der Waals surface area contributed by atoms with Gasteiger partial charge in [-0.1, -0.05) is 61.1 Å². The fourth-order valence-corrected chi connectivity index (χ4v) is 4.80. The Bertz CT molecular complexity index is 1760. The molecule has 3 heterocycles. The largest absolute Gasteiger partial charge is 0.493 e. The Morgan fingerprint density at radius 2 is 1.90 bits per heavy atom. The van der Waals surface area contributed by atoms with Gasteiger partial charge in [0.05, 0.1) is 13.7 Å². The zero-order chi connectivity index (χ0) is 27.4. The maximum Gasteiger partial charge on any atom is 0.291 e. The molecular formula is C30H27N3O5S. The Morgan fingerprint density at radius 1 is 1.08 bits per heavy atom. The number of thiazole rings is 1. The van der Waals surface area contributed by atoms with Gasteiger partial charge >= 0.3 is 0 Å². The number of carbonyl (C=O) groups is 1. The molecule has 8 nitrogen and oxygen atoms in total. The molecule has 0 spiro atoms. The van der Waals surface area contributed by atoms with Gasteiger partial charge in [0.2, 0.25) is 4.96 Å². The van der Waals surface area contributed by atoms with Gasteiger partial charge in [0.25, 0.3) is 5.56 Å². The number of carbonyl (C=O) groups excluding carboxylic acids is 1. The summed E-state index contributed by atoms with van der Waals surface area (Å²) >= 11 is 1.24. The molecule has 0 radical (unpaired) electrons. The molecule has 3 aromatic heterocycles. The average Bonchev–Trinajstić information content (AvgIpc) is 3.65. The third kappa shape index (κ3) is 5.83. The fraction of sp³-hybridized carbons (Fsp3) is 0.200. The molecule has 0 unspecified atom stereocenters. The van der Waals surface area contributed by atoms with Crippen molar-refractivity contribution >= 4 is 40.3 Å². The summed E-state index contributed by atoms with van der Waals surface area (Å²) in [5.41, 5.74) is 2.12. The number of ether oxygens (including phenoxy) is 2. The molecule has 0 N–H and O–H groups in total. The molecule has 0 atom stereocenters. The van der Waals surface area contributed by atoms with Crippen LogP contribution >= 0.6 is 11.3 Å². The van der Waals surface area contributed by atoms with Gasteiger partial charge in [-0.2, -0.15) is 9.50 Å². The first-order chi connectivity index (χ1) is 18.9.